The first-order valence-electron chi connectivity index (χ1n) is 8.06. The maximum atomic E-state index is 14.1. The van der Waals surface area contributed by atoms with Crippen LogP contribution in [-0.4, -0.2) is 31.5 Å². The van der Waals surface area contributed by atoms with E-state index >= 15 is 0 Å². The number of anilines is 1. The number of amides is 1. The molecule has 1 aliphatic carbocycles. The highest BCUT2D eigenvalue weighted by molar-refractivity contribution is 7.92. The van der Waals surface area contributed by atoms with Gasteiger partial charge in [-0.1, -0.05) is 23.7 Å². The summed E-state index contributed by atoms with van der Waals surface area (Å²) in [5.41, 5.74) is 0.913. The topological polar surface area (TPSA) is 66.5 Å². The minimum atomic E-state index is -3.45. The van der Waals surface area contributed by atoms with E-state index in [2.05, 4.69) is 4.72 Å². The zero-order valence-corrected chi connectivity index (χ0v) is 15.6. The summed E-state index contributed by atoms with van der Waals surface area (Å²) in [7, 11) is -3.45. The number of nitrogens with one attached hydrogen (secondary N) is 1. The van der Waals surface area contributed by atoms with Crippen LogP contribution in [0.3, 0.4) is 0 Å². The third kappa shape index (κ3) is 4.53. The minimum absolute atomic E-state index is 0.0321. The first-order valence-corrected chi connectivity index (χ1v) is 10.3. The Morgan fingerprint density at radius 1 is 1.27 bits per heavy atom. The van der Waals surface area contributed by atoms with Crippen LogP contribution in [0.1, 0.15) is 28.8 Å². The lowest BCUT2D eigenvalue weighted by atomic mass is 10.1. The van der Waals surface area contributed by atoms with Crippen LogP contribution in [0.4, 0.5) is 10.1 Å². The predicted molar refractivity (Wildman–Crippen MR) is 99.2 cm³/mol. The number of carbonyl (C=O) groups excluding carboxylic acids is 1. The first kappa shape index (κ1) is 18.7. The number of hydrogen-bond donors (Lipinski definition) is 1. The Morgan fingerprint density at radius 3 is 2.58 bits per heavy atom. The van der Waals surface area contributed by atoms with E-state index in [0.717, 1.165) is 19.1 Å². The van der Waals surface area contributed by atoms with Crippen molar-refractivity contribution in [3.05, 3.63) is 64.4 Å². The van der Waals surface area contributed by atoms with Crippen LogP contribution in [0.5, 0.6) is 0 Å². The van der Waals surface area contributed by atoms with Crippen LogP contribution in [0, 0.1) is 5.82 Å². The van der Waals surface area contributed by atoms with Crippen LogP contribution in [0.15, 0.2) is 42.5 Å². The number of nitrogens with zero attached hydrogens (tertiary/aromatic N) is 1. The van der Waals surface area contributed by atoms with Gasteiger partial charge in [0.1, 0.15) is 5.82 Å². The van der Waals surface area contributed by atoms with Crippen molar-refractivity contribution in [3.8, 4) is 0 Å². The lowest BCUT2D eigenvalue weighted by Crippen LogP contribution is -2.33. The second kappa shape index (κ2) is 7.25. The number of carbonyl (C=O) groups is 1. The molecule has 0 spiro atoms. The molecule has 0 unspecified atom stereocenters. The average Bonchev–Trinajstić information content (AvgIpc) is 3.37. The maximum Gasteiger partial charge on any atom is 0.254 e. The van der Waals surface area contributed by atoms with Gasteiger partial charge in [0, 0.05) is 27.9 Å². The summed E-state index contributed by atoms with van der Waals surface area (Å²) >= 11 is 6.09. The van der Waals surface area contributed by atoms with Gasteiger partial charge in [0.25, 0.3) is 5.91 Å². The van der Waals surface area contributed by atoms with Crippen LogP contribution in [0.25, 0.3) is 0 Å². The number of rotatable bonds is 6. The molecule has 0 saturated heterocycles. The molecule has 3 rings (SSSR count). The van der Waals surface area contributed by atoms with E-state index in [1.54, 1.807) is 29.2 Å². The van der Waals surface area contributed by atoms with Gasteiger partial charge < -0.3 is 4.90 Å². The average molecular weight is 397 g/mol. The Balaban J connectivity index is 1.87. The molecular formula is C18H18ClFN2O3S. The number of benzene rings is 2. The Labute approximate surface area is 156 Å². The molecule has 5 nitrogen and oxygen atoms in total. The lowest BCUT2D eigenvalue weighted by Gasteiger charge is -2.23. The van der Waals surface area contributed by atoms with Gasteiger partial charge in [0.15, 0.2) is 0 Å². The van der Waals surface area contributed by atoms with Gasteiger partial charge in [-0.15, -0.1) is 0 Å². The van der Waals surface area contributed by atoms with Crippen molar-refractivity contribution >= 4 is 33.2 Å². The van der Waals surface area contributed by atoms with Gasteiger partial charge in [-0.3, -0.25) is 9.52 Å². The molecule has 2 aromatic rings. The molecule has 8 heteroatoms. The number of hydrogen-bond acceptors (Lipinski definition) is 3. The van der Waals surface area contributed by atoms with Crippen molar-refractivity contribution < 1.29 is 17.6 Å². The van der Waals surface area contributed by atoms with Crippen LogP contribution < -0.4 is 4.72 Å². The zero-order chi connectivity index (χ0) is 18.9. The standard InChI is InChI=1S/C18H18ClFN2O3S/c1-26(24,25)21-13-5-2-4-12(10-13)18(23)22(14-8-9-14)11-15-16(19)6-3-7-17(15)20/h2-7,10,14,21H,8-9,11H2,1H3. The van der Waals surface area contributed by atoms with Crippen LogP contribution in [-0.2, 0) is 16.6 Å². The van der Waals surface area contributed by atoms with E-state index < -0.39 is 15.8 Å². The van der Waals surface area contributed by atoms with Gasteiger partial charge in [0.2, 0.25) is 10.0 Å². The van der Waals surface area contributed by atoms with E-state index in [1.165, 1.54) is 18.2 Å². The Hall–Kier alpha value is -2.12. The Bertz CT molecular complexity index is 925. The van der Waals surface area contributed by atoms with Crippen molar-refractivity contribution in [3.63, 3.8) is 0 Å². The summed E-state index contributed by atoms with van der Waals surface area (Å²) in [6.07, 6.45) is 2.73. The fraction of sp³-hybridized carbons (Fsp3) is 0.278. The summed E-state index contributed by atoms with van der Waals surface area (Å²) < 4.78 is 39.2. The van der Waals surface area contributed by atoms with Gasteiger partial charge in [0.05, 0.1) is 12.8 Å². The number of halogens is 2. The third-order valence-electron chi connectivity index (χ3n) is 4.05. The van der Waals surface area contributed by atoms with Crippen LogP contribution in [0.2, 0.25) is 5.02 Å². The molecule has 2 aromatic carbocycles. The maximum absolute atomic E-state index is 14.1. The highest BCUT2D eigenvalue weighted by atomic mass is 35.5. The largest absolute Gasteiger partial charge is 0.331 e. The Morgan fingerprint density at radius 2 is 1.96 bits per heavy atom. The van der Waals surface area contributed by atoms with E-state index in [-0.39, 0.29) is 29.1 Å². The monoisotopic (exact) mass is 396 g/mol. The molecular weight excluding hydrogens is 379 g/mol. The second-order valence-electron chi connectivity index (χ2n) is 6.32. The predicted octanol–water partition coefficient (Wildman–Crippen LogP) is 3.66. The SMILES string of the molecule is CS(=O)(=O)Nc1cccc(C(=O)N(Cc2c(F)cccc2Cl)C2CC2)c1. The molecule has 138 valence electrons. The Kier molecular flexibility index (Phi) is 5.20. The van der Waals surface area contributed by atoms with Gasteiger partial charge >= 0.3 is 0 Å². The summed E-state index contributed by atoms with van der Waals surface area (Å²) in [6.45, 7) is 0.0682. The van der Waals surface area contributed by atoms with Crippen molar-refractivity contribution in [1.82, 2.24) is 4.90 Å². The van der Waals surface area contributed by atoms with E-state index in [9.17, 15) is 17.6 Å². The fourth-order valence-electron chi connectivity index (χ4n) is 2.70. The molecule has 1 amide bonds. The zero-order valence-electron chi connectivity index (χ0n) is 14.1. The molecule has 0 bridgehead atoms. The van der Waals surface area contributed by atoms with Gasteiger partial charge in [-0.25, -0.2) is 12.8 Å². The summed E-state index contributed by atoms with van der Waals surface area (Å²) in [6, 6.07) is 10.7. The summed E-state index contributed by atoms with van der Waals surface area (Å²) in [4.78, 5) is 14.5. The second-order valence-corrected chi connectivity index (χ2v) is 8.48. The van der Waals surface area contributed by atoms with Crippen molar-refractivity contribution in [2.24, 2.45) is 0 Å². The van der Waals surface area contributed by atoms with Gasteiger partial charge in [-0.2, -0.15) is 0 Å². The summed E-state index contributed by atoms with van der Waals surface area (Å²) in [5, 5.41) is 0.274. The van der Waals surface area contributed by atoms with Crippen LogP contribution >= 0.6 is 11.6 Å². The molecule has 0 heterocycles. The molecule has 1 aliphatic rings. The molecule has 0 aliphatic heterocycles. The fourth-order valence-corrected chi connectivity index (χ4v) is 3.48. The molecule has 1 saturated carbocycles. The lowest BCUT2D eigenvalue weighted by molar-refractivity contribution is 0.0728. The molecule has 0 radical (unpaired) electrons. The normalized spacial score (nSPS) is 14.1. The molecule has 0 atom stereocenters. The molecule has 0 aromatic heterocycles. The smallest absolute Gasteiger partial charge is 0.254 e. The van der Waals surface area contributed by atoms with E-state index in [0.29, 0.717) is 11.3 Å². The highest BCUT2D eigenvalue weighted by Gasteiger charge is 2.34. The number of sulfonamides is 1. The van der Waals surface area contributed by atoms with E-state index in [1.807, 2.05) is 0 Å². The first-order chi connectivity index (χ1) is 12.2. The molecule has 26 heavy (non-hydrogen) atoms. The van der Waals surface area contributed by atoms with Gasteiger partial charge in [-0.05, 0) is 43.2 Å². The minimum Gasteiger partial charge on any atom is -0.331 e. The quantitative estimate of drug-likeness (QED) is 0.810. The third-order valence-corrected chi connectivity index (χ3v) is 5.01. The van der Waals surface area contributed by atoms with Crippen molar-refractivity contribution in [1.29, 1.82) is 0 Å². The summed E-state index contributed by atoms with van der Waals surface area (Å²) in [5.74, 6) is -0.743. The highest BCUT2D eigenvalue weighted by Crippen LogP contribution is 2.32. The molecule has 1 N–H and O–H groups in total. The van der Waals surface area contributed by atoms with E-state index in [4.69, 9.17) is 11.6 Å². The van der Waals surface area contributed by atoms with Crippen molar-refractivity contribution in [2.45, 2.75) is 25.4 Å². The van der Waals surface area contributed by atoms with Crippen molar-refractivity contribution in [2.75, 3.05) is 11.0 Å². The molecule has 1 fully saturated rings.